The van der Waals surface area contributed by atoms with Crippen molar-refractivity contribution in [3.8, 4) is 0 Å². The smallest absolute Gasteiger partial charge is 0.321 e. The van der Waals surface area contributed by atoms with Crippen LogP contribution in [0.5, 0.6) is 0 Å². The second-order valence-electron chi connectivity index (χ2n) is 11.1. The number of ether oxygens (including phenoxy) is 1. The van der Waals surface area contributed by atoms with E-state index in [1.165, 1.54) is 7.11 Å². The van der Waals surface area contributed by atoms with Crippen molar-refractivity contribution in [3.05, 3.63) is 53.7 Å². The Hall–Kier alpha value is -3.42. The first-order valence-electron chi connectivity index (χ1n) is 13.1. The third-order valence-corrected chi connectivity index (χ3v) is 7.58. The van der Waals surface area contributed by atoms with Gasteiger partial charge in [-0.05, 0) is 48.1 Å². The molecule has 4 rings (SSSR count). The highest BCUT2D eigenvalue weighted by Gasteiger charge is 2.49. The van der Waals surface area contributed by atoms with Crippen molar-refractivity contribution in [2.45, 2.75) is 58.3 Å². The molecule has 0 spiro atoms. The van der Waals surface area contributed by atoms with Crippen LogP contribution in [0.1, 0.15) is 68.8 Å². The fraction of sp³-hybridized carbons (Fsp3) is 0.517. The molecule has 2 aliphatic rings. The van der Waals surface area contributed by atoms with E-state index in [9.17, 15) is 14.4 Å². The van der Waals surface area contributed by atoms with Crippen LogP contribution in [0.15, 0.2) is 42.6 Å². The summed E-state index contributed by atoms with van der Waals surface area (Å²) in [4.78, 5) is 47.2. The van der Waals surface area contributed by atoms with Crippen molar-refractivity contribution in [2.75, 3.05) is 43.5 Å². The molecule has 198 valence electrons. The summed E-state index contributed by atoms with van der Waals surface area (Å²) in [5, 5.41) is 2.96. The summed E-state index contributed by atoms with van der Waals surface area (Å²) in [6.07, 6.45) is 5.49. The molecule has 0 atom stereocenters. The highest BCUT2D eigenvalue weighted by Crippen LogP contribution is 2.39. The Morgan fingerprint density at radius 3 is 2.27 bits per heavy atom. The van der Waals surface area contributed by atoms with E-state index in [0.29, 0.717) is 44.6 Å². The van der Waals surface area contributed by atoms with E-state index in [0.717, 1.165) is 36.3 Å². The molecule has 0 unspecified atom stereocenters. The predicted molar refractivity (Wildman–Crippen MR) is 144 cm³/mol. The fourth-order valence-corrected chi connectivity index (χ4v) is 5.27. The molecule has 0 bridgehead atoms. The van der Waals surface area contributed by atoms with E-state index in [1.54, 1.807) is 17.2 Å². The Morgan fingerprint density at radius 2 is 1.68 bits per heavy atom. The third-order valence-electron chi connectivity index (χ3n) is 7.58. The van der Waals surface area contributed by atoms with Gasteiger partial charge in [0.2, 0.25) is 5.91 Å². The second kappa shape index (κ2) is 10.9. The zero-order valence-electron chi connectivity index (χ0n) is 22.4. The number of nitrogens with one attached hydrogen (secondary N) is 1. The van der Waals surface area contributed by atoms with Gasteiger partial charge < -0.3 is 19.9 Å². The van der Waals surface area contributed by atoms with Gasteiger partial charge in [0.15, 0.2) is 0 Å². The van der Waals surface area contributed by atoms with Crippen LogP contribution in [-0.2, 0) is 19.7 Å². The first-order chi connectivity index (χ1) is 17.6. The molecule has 2 heterocycles. The lowest BCUT2D eigenvalue weighted by molar-refractivity contribution is -0.166. The van der Waals surface area contributed by atoms with Crippen LogP contribution in [0.3, 0.4) is 0 Å². The number of carbonyl (C=O) groups excluding carboxylic acids is 3. The molecule has 1 N–H and O–H groups in total. The molecule has 0 radical (unpaired) electrons. The number of benzene rings is 1. The SMILES string of the molecule is COC(=O)C1(C(=O)N2CCN(c3ccc(C(=O)Nc4cccc(C(C)(C)C)c4)cn3)CC2)CCCCC1. The number of hydrogen-bond donors (Lipinski definition) is 1. The molecule has 8 heteroatoms. The number of anilines is 2. The number of pyridine rings is 1. The van der Waals surface area contributed by atoms with E-state index in [-0.39, 0.29) is 17.2 Å². The van der Waals surface area contributed by atoms with Crippen molar-refractivity contribution in [1.29, 1.82) is 0 Å². The minimum absolute atomic E-state index is 0.00509. The number of esters is 1. The minimum Gasteiger partial charge on any atom is -0.468 e. The van der Waals surface area contributed by atoms with Gasteiger partial charge in [-0.1, -0.05) is 52.2 Å². The van der Waals surface area contributed by atoms with Crippen LogP contribution in [-0.4, -0.2) is 61.0 Å². The van der Waals surface area contributed by atoms with E-state index >= 15 is 0 Å². The van der Waals surface area contributed by atoms with E-state index < -0.39 is 11.4 Å². The first kappa shape index (κ1) is 26.6. The second-order valence-corrected chi connectivity index (χ2v) is 11.1. The Kier molecular flexibility index (Phi) is 7.85. The summed E-state index contributed by atoms with van der Waals surface area (Å²) >= 11 is 0. The van der Waals surface area contributed by atoms with Gasteiger partial charge in [-0.2, -0.15) is 0 Å². The quantitative estimate of drug-likeness (QED) is 0.477. The summed E-state index contributed by atoms with van der Waals surface area (Å²) in [6.45, 7) is 8.68. The molecule has 8 nitrogen and oxygen atoms in total. The largest absolute Gasteiger partial charge is 0.468 e. The summed E-state index contributed by atoms with van der Waals surface area (Å²) in [5.74, 6) is 0.0503. The molecular weight excluding hydrogens is 468 g/mol. The molecule has 1 aromatic carbocycles. The standard InChI is InChI=1S/C29H38N4O4/c1-28(2,3)22-9-8-10-23(19-22)31-25(34)21-11-12-24(30-20-21)32-15-17-33(18-16-32)26(35)29(27(36)37-4)13-6-5-7-14-29/h8-12,19-20H,5-7,13-18H2,1-4H3,(H,31,34). The average Bonchev–Trinajstić information content (AvgIpc) is 2.92. The number of rotatable bonds is 5. The Bertz CT molecular complexity index is 1130. The van der Waals surface area contributed by atoms with Gasteiger partial charge in [0.05, 0.1) is 12.7 Å². The predicted octanol–water partition coefficient (Wildman–Crippen LogP) is 4.40. The molecular formula is C29H38N4O4. The van der Waals surface area contributed by atoms with Crippen molar-refractivity contribution < 1.29 is 19.1 Å². The number of piperazine rings is 1. The van der Waals surface area contributed by atoms with E-state index in [2.05, 4.69) is 42.0 Å². The topological polar surface area (TPSA) is 91.8 Å². The van der Waals surface area contributed by atoms with Crippen LogP contribution in [0.2, 0.25) is 0 Å². The molecule has 1 aliphatic heterocycles. The van der Waals surface area contributed by atoms with Crippen LogP contribution >= 0.6 is 0 Å². The number of carbonyl (C=O) groups is 3. The Morgan fingerprint density at radius 1 is 0.973 bits per heavy atom. The molecule has 1 aromatic heterocycles. The maximum absolute atomic E-state index is 13.4. The summed E-state index contributed by atoms with van der Waals surface area (Å²) < 4.78 is 5.04. The summed E-state index contributed by atoms with van der Waals surface area (Å²) in [6, 6.07) is 11.5. The van der Waals surface area contributed by atoms with Crippen molar-refractivity contribution >= 4 is 29.3 Å². The van der Waals surface area contributed by atoms with Crippen LogP contribution in [0.4, 0.5) is 11.5 Å². The van der Waals surface area contributed by atoms with Gasteiger partial charge in [-0.15, -0.1) is 0 Å². The molecule has 1 aliphatic carbocycles. The highest BCUT2D eigenvalue weighted by molar-refractivity contribution is 6.04. The van der Waals surface area contributed by atoms with Crippen molar-refractivity contribution in [1.82, 2.24) is 9.88 Å². The minimum atomic E-state index is -1.03. The van der Waals surface area contributed by atoms with Crippen molar-refractivity contribution in [3.63, 3.8) is 0 Å². The number of nitrogens with zero attached hydrogens (tertiary/aromatic N) is 3. The monoisotopic (exact) mass is 506 g/mol. The number of aromatic nitrogens is 1. The van der Waals surface area contributed by atoms with Gasteiger partial charge in [0, 0.05) is 38.1 Å². The normalized spacial score (nSPS) is 17.7. The summed E-state index contributed by atoms with van der Waals surface area (Å²) in [5.41, 5.74) is 1.35. The van der Waals surface area contributed by atoms with Gasteiger partial charge in [0.25, 0.3) is 5.91 Å². The maximum atomic E-state index is 13.4. The first-order valence-corrected chi connectivity index (χ1v) is 13.1. The average molecular weight is 507 g/mol. The number of amides is 2. The maximum Gasteiger partial charge on any atom is 0.321 e. The van der Waals surface area contributed by atoms with Crippen LogP contribution in [0, 0.1) is 5.41 Å². The zero-order valence-corrected chi connectivity index (χ0v) is 22.4. The van der Waals surface area contributed by atoms with E-state index in [4.69, 9.17) is 4.74 Å². The van der Waals surface area contributed by atoms with Gasteiger partial charge in [-0.25, -0.2) is 4.98 Å². The lowest BCUT2D eigenvalue weighted by Gasteiger charge is -2.41. The summed E-state index contributed by atoms with van der Waals surface area (Å²) in [7, 11) is 1.36. The van der Waals surface area contributed by atoms with Crippen LogP contribution in [0.25, 0.3) is 0 Å². The molecule has 1 saturated heterocycles. The Labute approximate surface area is 219 Å². The molecule has 1 saturated carbocycles. The number of hydrogen-bond acceptors (Lipinski definition) is 6. The lowest BCUT2D eigenvalue weighted by atomic mass is 9.73. The molecule has 2 amide bonds. The van der Waals surface area contributed by atoms with Crippen LogP contribution < -0.4 is 10.2 Å². The van der Waals surface area contributed by atoms with Crippen molar-refractivity contribution in [2.24, 2.45) is 5.41 Å². The van der Waals surface area contributed by atoms with Gasteiger partial charge in [-0.3, -0.25) is 14.4 Å². The highest BCUT2D eigenvalue weighted by atomic mass is 16.5. The molecule has 37 heavy (non-hydrogen) atoms. The number of methoxy groups -OCH3 is 1. The zero-order chi connectivity index (χ0) is 26.6. The Balaban J connectivity index is 1.36. The van der Waals surface area contributed by atoms with Gasteiger partial charge in [0.1, 0.15) is 11.2 Å². The van der Waals surface area contributed by atoms with Gasteiger partial charge >= 0.3 is 5.97 Å². The fourth-order valence-electron chi connectivity index (χ4n) is 5.27. The van der Waals surface area contributed by atoms with E-state index in [1.807, 2.05) is 24.3 Å². The third kappa shape index (κ3) is 5.78. The molecule has 2 aromatic rings. The molecule has 2 fully saturated rings. The lowest BCUT2D eigenvalue weighted by Crippen LogP contribution is -2.56.